The van der Waals surface area contributed by atoms with Crippen LogP contribution < -0.4 is 0 Å². The van der Waals surface area contributed by atoms with E-state index in [1.165, 1.54) is 0 Å². The molecule has 3 rings (SSSR count). The molecule has 2 aromatic rings. The zero-order valence-electron chi connectivity index (χ0n) is 9.30. The van der Waals surface area contributed by atoms with Crippen LogP contribution in [-0.2, 0) is 14.9 Å². The van der Waals surface area contributed by atoms with Gasteiger partial charge in [0.1, 0.15) is 6.61 Å². The van der Waals surface area contributed by atoms with E-state index < -0.39 is 5.41 Å². The number of esters is 1. The highest BCUT2D eigenvalue weighted by molar-refractivity contribution is 5.92. The summed E-state index contributed by atoms with van der Waals surface area (Å²) in [5.74, 6) is -0.157. The molecule has 0 bridgehead atoms. The third-order valence-electron chi connectivity index (χ3n) is 3.30. The van der Waals surface area contributed by atoms with Gasteiger partial charge >= 0.3 is 5.97 Å². The van der Waals surface area contributed by atoms with Gasteiger partial charge in [0, 0.05) is 0 Å². The van der Waals surface area contributed by atoms with Crippen molar-refractivity contribution in [3.63, 3.8) is 0 Å². The quantitative estimate of drug-likeness (QED) is 0.733. The summed E-state index contributed by atoms with van der Waals surface area (Å²) >= 11 is 0. The van der Waals surface area contributed by atoms with Crippen molar-refractivity contribution in [3.8, 4) is 0 Å². The molecule has 0 radical (unpaired) electrons. The first-order chi connectivity index (χ1) is 8.34. The maximum Gasteiger partial charge on any atom is 0.324 e. The van der Waals surface area contributed by atoms with Gasteiger partial charge in [0.25, 0.3) is 0 Å². The van der Waals surface area contributed by atoms with Gasteiger partial charge in [0.05, 0.1) is 0 Å². The molecule has 0 unspecified atom stereocenters. The second-order valence-electron chi connectivity index (χ2n) is 4.21. The zero-order valence-corrected chi connectivity index (χ0v) is 9.30. The molecule has 0 aromatic heterocycles. The minimum atomic E-state index is -0.595. The Labute approximate surface area is 99.9 Å². The normalized spacial score (nSPS) is 17.1. The standard InChI is InChI=1S/C15H12O2/c16-14-15(11-17-14,12-7-3-1-4-8-12)13-9-5-2-6-10-13/h1-10H,11H2. The van der Waals surface area contributed by atoms with Crippen molar-refractivity contribution >= 4 is 5.97 Å². The molecule has 1 aliphatic rings. The third-order valence-corrected chi connectivity index (χ3v) is 3.30. The summed E-state index contributed by atoms with van der Waals surface area (Å²) in [6.07, 6.45) is 0. The molecule has 1 saturated heterocycles. The minimum absolute atomic E-state index is 0.157. The van der Waals surface area contributed by atoms with Crippen LogP contribution in [0.3, 0.4) is 0 Å². The van der Waals surface area contributed by atoms with E-state index in [4.69, 9.17) is 4.74 Å². The fraction of sp³-hybridized carbons (Fsp3) is 0.133. The average Bonchev–Trinajstić information content (AvgIpc) is 2.40. The van der Waals surface area contributed by atoms with E-state index >= 15 is 0 Å². The highest BCUT2D eigenvalue weighted by Gasteiger charge is 2.52. The molecule has 84 valence electrons. The van der Waals surface area contributed by atoms with Gasteiger partial charge in [-0.05, 0) is 11.1 Å². The van der Waals surface area contributed by atoms with Crippen LogP contribution in [0.2, 0.25) is 0 Å². The monoisotopic (exact) mass is 224 g/mol. The molecule has 2 heteroatoms. The van der Waals surface area contributed by atoms with Gasteiger partial charge in [-0.1, -0.05) is 60.7 Å². The van der Waals surface area contributed by atoms with Crippen molar-refractivity contribution in [1.29, 1.82) is 0 Å². The Morgan fingerprint density at radius 3 is 1.59 bits per heavy atom. The Hall–Kier alpha value is -2.09. The Balaban J connectivity index is 2.16. The second-order valence-corrected chi connectivity index (χ2v) is 4.21. The van der Waals surface area contributed by atoms with Gasteiger partial charge in [-0.25, -0.2) is 0 Å². The van der Waals surface area contributed by atoms with E-state index in [2.05, 4.69) is 0 Å². The summed E-state index contributed by atoms with van der Waals surface area (Å²) in [5.41, 5.74) is 1.41. The topological polar surface area (TPSA) is 26.3 Å². The summed E-state index contributed by atoms with van der Waals surface area (Å²) in [5, 5.41) is 0. The Kier molecular flexibility index (Phi) is 2.22. The largest absolute Gasteiger partial charge is 0.463 e. The van der Waals surface area contributed by atoms with Gasteiger partial charge in [0.15, 0.2) is 5.41 Å². The molecule has 1 fully saturated rings. The summed E-state index contributed by atoms with van der Waals surface area (Å²) in [7, 11) is 0. The molecule has 1 aliphatic heterocycles. The van der Waals surface area contributed by atoms with Crippen LogP contribution >= 0.6 is 0 Å². The van der Waals surface area contributed by atoms with Crippen LogP contribution in [0.5, 0.6) is 0 Å². The van der Waals surface area contributed by atoms with Crippen molar-refractivity contribution < 1.29 is 9.53 Å². The fourth-order valence-electron chi connectivity index (χ4n) is 2.29. The molecule has 1 heterocycles. The van der Waals surface area contributed by atoms with Crippen molar-refractivity contribution in [2.75, 3.05) is 6.61 Å². The summed E-state index contributed by atoms with van der Waals surface area (Å²) < 4.78 is 5.02. The lowest BCUT2D eigenvalue weighted by Gasteiger charge is -2.39. The van der Waals surface area contributed by atoms with Crippen molar-refractivity contribution in [2.45, 2.75) is 5.41 Å². The first-order valence-electron chi connectivity index (χ1n) is 5.62. The van der Waals surface area contributed by atoms with Gasteiger partial charge < -0.3 is 4.74 Å². The minimum Gasteiger partial charge on any atom is -0.463 e. The molecular weight excluding hydrogens is 212 g/mol. The lowest BCUT2D eigenvalue weighted by atomic mass is 9.72. The van der Waals surface area contributed by atoms with Crippen molar-refractivity contribution in [3.05, 3.63) is 71.8 Å². The maximum absolute atomic E-state index is 11.9. The zero-order chi connectivity index (χ0) is 11.7. The van der Waals surface area contributed by atoms with E-state index in [1.807, 2.05) is 60.7 Å². The maximum atomic E-state index is 11.9. The summed E-state index contributed by atoms with van der Waals surface area (Å²) in [4.78, 5) is 11.9. The molecular formula is C15H12O2. The molecule has 0 atom stereocenters. The van der Waals surface area contributed by atoms with E-state index in [0.717, 1.165) is 11.1 Å². The van der Waals surface area contributed by atoms with Crippen LogP contribution in [-0.4, -0.2) is 12.6 Å². The molecule has 0 aliphatic carbocycles. The number of carbonyl (C=O) groups is 1. The first kappa shape index (κ1) is 10.1. The molecule has 0 N–H and O–H groups in total. The predicted octanol–water partition coefficient (Wildman–Crippen LogP) is 2.53. The Bertz CT molecular complexity index is 492. The van der Waals surface area contributed by atoms with Gasteiger partial charge in [0.2, 0.25) is 0 Å². The number of benzene rings is 2. The lowest BCUT2D eigenvalue weighted by Crippen LogP contribution is -2.52. The summed E-state index contributed by atoms with van der Waals surface area (Å²) in [6, 6.07) is 19.6. The van der Waals surface area contributed by atoms with Gasteiger partial charge in [-0.3, -0.25) is 4.79 Å². The van der Waals surface area contributed by atoms with Crippen LogP contribution in [0, 0.1) is 0 Å². The number of hydrogen-bond acceptors (Lipinski definition) is 2. The van der Waals surface area contributed by atoms with Gasteiger partial charge in [-0.2, -0.15) is 0 Å². The van der Waals surface area contributed by atoms with Crippen LogP contribution in [0.25, 0.3) is 0 Å². The first-order valence-corrected chi connectivity index (χ1v) is 5.62. The Morgan fingerprint density at radius 1 is 0.824 bits per heavy atom. The smallest absolute Gasteiger partial charge is 0.324 e. The molecule has 2 nitrogen and oxygen atoms in total. The van der Waals surface area contributed by atoms with Gasteiger partial charge in [-0.15, -0.1) is 0 Å². The predicted molar refractivity (Wildman–Crippen MR) is 64.6 cm³/mol. The highest BCUT2D eigenvalue weighted by atomic mass is 16.6. The van der Waals surface area contributed by atoms with Crippen LogP contribution in [0.1, 0.15) is 11.1 Å². The summed E-state index contributed by atoms with van der Waals surface area (Å²) in [6.45, 7) is 0.430. The fourth-order valence-corrected chi connectivity index (χ4v) is 2.29. The van der Waals surface area contributed by atoms with Crippen molar-refractivity contribution in [2.24, 2.45) is 0 Å². The molecule has 0 amide bonds. The van der Waals surface area contributed by atoms with Crippen molar-refractivity contribution in [1.82, 2.24) is 0 Å². The molecule has 0 saturated carbocycles. The number of ether oxygens (including phenoxy) is 1. The van der Waals surface area contributed by atoms with E-state index in [0.29, 0.717) is 6.61 Å². The lowest BCUT2D eigenvalue weighted by molar-refractivity contribution is -0.169. The van der Waals surface area contributed by atoms with E-state index in [-0.39, 0.29) is 5.97 Å². The van der Waals surface area contributed by atoms with Crippen LogP contribution in [0.15, 0.2) is 60.7 Å². The number of rotatable bonds is 2. The number of hydrogen-bond donors (Lipinski definition) is 0. The second kappa shape index (κ2) is 3.74. The molecule has 0 spiro atoms. The SMILES string of the molecule is O=C1OCC1(c1ccccc1)c1ccccc1. The average molecular weight is 224 g/mol. The molecule has 17 heavy (non-hydrogen) atoms. The Morgan fingerprint density at radius 2 is 1.29 bits per heavy atom. The number of carbonyl (C=O) groups excluding carboxylic acids is 1. The number of cyclic esters (lactones) is 1. The molecule has 2 aromatic carbocycles. The van der Waals surface area contributed by atoms with E-state index in [1.54, 1.807) is 0 Å². The highest BCUT2D eigenvalue weighted by Crippen LogP contribution is 2.40. The van der Waals surface area contributed by atoms with Crippen LogP contribution in [0.4, 0.5) is 0 Å². The van der Waals surface area contributed by atoms with E-state index in [9.17, 15) is 4.79 Å². The third kappa shape index (κ3) is 1.37.